The van der Waals surface area contributed by atoms with Crippen molar-refractivity contribution in [2.45, 2.75) is 25.3 Å². The summed E-state index contributed by atoms with van der Waals surface area (Å²) in [7, 11) is 0. The minimum Gasteiger partial charge on any atom is -0.361 e. The molecule has 0 bridgehead atoms. The quantitative estimate of drug-likeness (QED) is 0.823. The van der Waals surface area contributed by atoms with Gasteiger partial charge in [0.25, 0.3) is 0 Å². The lowest BCUT2D eigenvalue weighted by Gasteiger charge is -2.18. The normalized spacial score (nSPS) is 28.2. The molecule has 0 spiro atoms. The van der Waals surface area contributed by atoms with Crippen LogP contribution in [0.5, 0.6) is 0 Å². The van der Waals surface area contributed by atoms with Gasteiger partial charge in [-0.2, -0.15) is 0 Å². The monoisotopic (exact) mass is 219 g/mol. The van der Waals surface area contributed by atoms with Gasteiger partial charge in [0.05, 0.1) is 0 Å². The van der Waals surface area contributed by atoms with Gasteiger partial charge < -0.3 is 9.88 Å². The fourth-order valence-electron chi connectivity index (χ4n) is 2.29. The summed E-state index contributed by atoms with van der Waals surface area (Å²) in [5.41, 5.74) is 1.41. The number of likely N-dealkylation sites (tertiary alicyclic amines) is 1. The third-order valence-electron chi connectivity index (χ3n) is 3.16. The number of nitrogens with zero attached hydrogens (tertiary/aromatic N) is 1. The van der Waals surface area contributed by atoms with Gasteiger partial charge in [0.15, 0.2) is 0 Å². The number of hydrogen-bond donors (Lipinski definition) is 1. The highest BCUT2D eigenvalue weighted by molar-refractivity contribution is 5.83. The predicted molar refractivity (Wildman–Crippen MR) is 67.7 cm³/mol. The Kier molecular flexibility index (Phi) is 1.45. The molecule has 0 aliphatic carbocycles. The molecule has 2 aromatic rings. The van der Waals surface area contributed by atoms with E-state index in [9.17, 15) is 0 Å². The highest BCUT2D eigenvalue weighted by Crippen LogP contribution is 2.24. The summed E-state index contributed by atoms with van der Waals surface area (Å²) in [6.07, 6.45) is 1.24. The molecule has 84 valence electrons. The number of benzene rings is 1. The Labute approximate surface area is 103 Å². The van der Waals surface area contributed by atoms with Gasteiger partial charge in [-0.05, 0) is 44.4 Å². The molecule has 0 amide bonds. The summed E-state index contributed by atoms with van der Waals surface area (Å²) in [6, 6.07) is 6.90. The van der Waals surface area contributed by atoms with Gasteiger partial charge in [0.1, 0.15) is 0 Å². The first-order valence-electron chi connectivity index (χ1n) is 8.15. The molecule has 1 N–H and O–H groups in total. The van der Waals surface area contributed by atoms with E-state index < -0.39 is 19.4 Å². The van der Waals surface area contributed by atoms with Crippen LogP contribution in [0.25, 0.3) is 10.9 Å². The molecular weight excluding hydrogens is 196 g/mol. The lowest BCUT2D eigenvalue weighted by Crippen LogP contribution is -2.26. The molecule has 1 aliphatic rings. The number of rotatable bonds is 2. The van der Waals surface area contributed by atoms with Crippen LogP contribution >= 0.6 is 0 Å². The van der Waals surface area contributed by atoms with Crippen LogP contribution in [-0.2, 0) is 6.37 Å². The number of H-pyrrole nitrogens is 1. The number of likely N-dealkylation sites (N-methyl/N-ethyl adjacent to an activating group) is 1. The van der Waals surface area contributed by atoms with Crippen LogP contribution in [0.2, 0.25) is 0 Å². The van der Waals surface area contributed by atoms with Crippen molar-refractivity contribution < 1.29 is 6.85 Å². The van der Waals surface area contributed by atoms with Gasteiger partial charge in [-0.3, -0.25) is 0 Å². The largest absolute Gasteiger partial charge is 0.361 e. The number of hydrogen-bond acceptors (Lipinski definition) is 1. The van der Waals surface area contributed by atoms with E-state index in [-0.39, 0.29) is 0 Å². The van der Waals surface area contributed by atoms with Crippen molar-refractivity contribution in [3.05, 3.63) is 36.0 Å². The van der Waals surface area contributed by atoms with Crippen LogP contribution in [0.1, 0.15) is 25.3 Å². The van der Waals surface area contributed by atoms with E-state index >= 15 is 0 Å². The van der Waals surface area contributed by atoms with E-state index in [1.807, 2.05) is 24.3 Å². The Morgan fingerprint density at radius 3 is 3.44 bits per heavy atom. The van der Waals surface area contributed by atoms with Crippen molar-refractivity contribution in [1.29, 1.82) is 0 Å². The van der Waals surface area contributed by atoms with E-state index in [0.29, 0.717) is 24.9 Å². The maximum absolute atomic E-state index is 8.53. The second kappa shape index (κ2) is 3.95. The third kappa shape index (κ3) is 1.63. The van der Waals surface area contributed by atoms with Gasteiger partial charge >= 0.3 is 0 Å². The Morgan fingerprint density at radius 1 is 1.56 bits per heavy atom. The van der Waals surface area contributed by atoms with Crippen LogP contribution in [-0.4, -0.2) is 29.4 Å². The standard InChI is InChI=1S/C14H18N2/c1-16-8-4-5-12(16)9-11-10-15-14-7-3-2-6-13(11)14/h2-3,6-7,10,12,15H,4-5,8-9H2,1H3/i1D3,9D2. The Morgan fingerprint density at radius 2 is 2.50 bits per heavy atom. The van der Waals surface area contributed by atoms with Gasteiger partial charge in [-0.15, -0.1) is 0 Å². The SMILES string of the molecule is [2H]C([2H])(c1c[nH]c2ccccc12)C1CCCN1C([2H])([2H])[2H]. The van der Waals surface area contributed by atoms with Crippen molar-refractivity contribution >= 4 is 10.9 Å². The first-order valence-corrected chi connectivity index (χ1v) is 5.65. The summed E-state index contributed by atoms with van der Waals surface area (Å²) in [6.45, 7) is -1.83. The Hall–Kier alpha value is -1.28. The zero-order valence-corrected chi connectivity index (χ0v) is 9.03. The zero-order valence-electron chi connectivity index (χ0n) is 14.0. The summed E-state index contributed by atoms with van der Waals surface area (Å²) >= 11 is 0. The van der Waals surface area contributed by atoms with E-state index in [4.69, 9.17) is 6.85 Å². The molecule has 1 aromatic carbocycles. The maximum atomic E-state index is 8.53. The Bertz CT molecular complexity index is 646. The second-order valence-electron chi connectivity index (χ2n) is 4.24. The minimum absolute atomic E-state index is 0.420. The molecule has 1 saturated heterocycles. The van der Waals surface area contributed by atoms with Crippen LogP contribution in [0.15, 0.2) is 30.5 Å². The van der Waals surface area contributed by atoms with Gasteiger partial charge in [0.2, 0.25) is 0 Å². The van der Waals surface area contributed by atoms with Crippen LogP contribution < -0.4 is 0 Å². The van der Waals surface area contributed by atoms with Gasteiger partial charge in [0, 0.05) is 30.0 Å². The van der Waals surface area contributed by atoms with E-state index in [2.05, 4.69) is 4.98 Å². The lowest BCUT2D eigenvalue weighted by atomic mass is 10.0. The second-order valence-corrected chi connectivity index (χ2v) is 4.24. The molecule has 16 heavy (non-hydrogen) atoms. The van der Waals surface area contributed by atoms with Crippen molar-refractivity contribution in [1.82, 2.24) is 9.88 Å². The summed E-state index contributed by atoms with van der Waals surface area (Å²) in [5.74, 6) is 0. The van der Waals surface area contributed by atoms with Crippen molar-refractivity contribution in [3.8, 4) is 0 Å². The molecule has 0 saturated carbocycles. The number of aromatic nitrogens is 1. The highest BCUT2D eigenvalue weighted by Gasteiger charge is 2.21. The van der Waals surface area contributed by atoms with Crippen molar-refractivity contribution in [3.63, 3.8) is 0 Å². The molecular formula is C14H18N2. The fourth-order valence-corrected chi connectivity index (χ4v) is 2.29. The van der Waals surface area contributed by atoms with Crippen LogP contribution in [0, 0.1) is 0 Å². The zero-order chi connectivity index (χ0) is 15.3. The molecule has 1 aliphatic heterocycles. The highest BCUT2D eigenvalue weighted by atomic mass is 15.1. The first kappa shape index (κ1) is 5.87. The lowest BCUT2D eigenvalue weighted by molar-refractivity contribution is 0.310. The summed E-state index contributed by atoms with van der Waals surface area (Å²) in [4.78, 5) is 4.40. The van der Waals surface area contributed by atoms with Crippen molar-refractivity contribution in [2.24, 2.45) is 0 Å². The molecule has 0 radical (unpaired) electrons. The van der Waals surface area contributed by atoms with Crippen LogP contribution in [0.3, 0.4) is 0 Å². The molecule has 2 nitrogen and oxygen atoms in total. The minimum atomic E-state index is -2.25. The molecule has 2 heterocycles. The molecule has 2 heteroatoms. The van der Waals surface area contributed by atoms with Crippen LogP contribution in [0.4, 0.5) is 0 Å². The maximum Gasteiger partial charge on any atom is 0.0456 e. The van der Waals surface area contributed by atoms with Gasteiger partial charge in [-0.1, -0.05) is 18.2 Å². The first-order chi connectivity index (χ1) is 9.82. The smallest absolute Gasteiger partial charge is 0.0456 e. The van der Waals surface area contributed by atoms with Crippen molar-refractivity contribution in [2.75, 3.05) is 13.5 Å². The van der Waals surface area contributed by atoms with E-state index in [0.717, 1.165) is 10.9 Å². The van der Waals surface area contributed by atoms with E-state index in [1.54, 1.807) is 6.20 Å². The molecule has 1 unspecified atom stereocenters. The summed E-state index contributed by atoms with van der Waals surface area (Å²) < 4.78 is 39.9. The topological polar surface area (TPSA) is 19.0 Å². The number of fused-ring (bicyclic) bond motifs is 1. The number of nitrogens with one attached hydrogen (secondary N) is 1. The predicted octanol–water partition coefficient (Wildman–Crippen LogP) is 2.80. The average Bonchev–Trinajstić information content (AvgIpc) is 3.05. The van der Waals surface area contributed by atoms with E-state index in [1.165, 1.54) is 4.90 Å². The molecule has 1 atom stereocenters. The molecule has 1 fully saturated rings. The van der Waals surface area contributed by atoms with Gasteiger partial charge in [-0.25, -0.2) is 0 Å². The Balaban J connectivity index is 2.03. The average molecular weight is 219 g/mol. The fraction of sp³-hybridized carbons (Fsp3) is 0.429. The number of aromatic amines is 1. The molecule has 1 aromatic heterocycles. The molecule has 3 rings (SSSR count). The number of para-hydroxylation sites is 1. The summed E-state index contributed by atoms with van der Waals surface area (Å²) in [5, 5.41) is 0.819. The third-order valence-corrected chi connectivity index (χ3v) is 3.16.